The number of rotatable bonds is 3. The Bertz CT molecular complexity index is 929. The Kier molecular flexibility index (Phi) is 4.77. The van der Waals surface area contributed by atoms with E-state index in [9.17, 15) is 0 Å². The molecular formula is C19H23AsN6. The predicted octanol–water partition coefficient (Wildman–Crippen LogP) is 1.13. The van der Waals surface area contributed by atoms with Crippen molar-refractivity contribution in [1.29, 1.82) is 0 Å². The van der Waals surface area contributed by atoms with E-state index in [4.69, 9.17) is 9.97 Å². The summed E-state index contributed by atoms with van der Waals surface area (Å²) >= 11 is 1.48. The third-order valence-corrected chi connectivity index (χ3v) is 5.76. The van der Waals surface area contributed by atoms with Crippen molar-refractivity contribution in [3.63, 3.8) is 0 Å². The molecule has 4 rings (SSSR count). The fourth-order valence-corrected chi connectivity index (χ4v) is 4.05. The predicted molar refractivity (Wildman–Crippen MR) is 108 cm³/mol. The second-order valence-corrected chi connectivity index (χ2v) is 8.04. The van der Waals surface area contributed by atoms with Crippen molar-refractivity contribution >= 4 is 44.0 Å². The van der Waals surface area contributed by atoms with Crippen LogP contribution in [0.2, 0.25) is 0 Å². The molecule has 1 fully saturated rings. The van der Waals surface area contributed by atoms with Crippen molar-refractivity contribution in [1.82, 2.24) is 19.9 Å². The van der Waals surface area contributed by atoms with Gasteiger partial charge in [-0.05, 0) is 0 Å². The normalized spacial score (nSPS) is 17.5. The molecule has 4 heterocycles. The molecule has 2 unspecified atom stereocenters. The molecule has 26 heavy (non-hydrogen) atoms. The van der Waals surface area contributed by atoms with Crippen LogP contribution >= 0.6 is 0 Å². The number of fused-ring (bicyclic) bond motifs is 1. The quantitative estimate of drug-likeness (QED) is 0.604. The third-order valence-electron chi connectivity index (χ3n) is 4.87. The number of anilines is 2. The Hall–Kier alpha value is -2.20. The van der Waals surface area contributed by atoms with Gasteiger partial charge in [-0.25, -0.2) is 0 Å². The van der Waals surface area contributed by atoms with Crippen LogP contribution in [-0.4, -0.2) is 64.0 Å². The van der Waals surface area contributed by atoms with Gasteiger partial charge >= 0.3 is 162 Å². The van der Waals surface area contributed by atoms with Crippen LogP contribution < -0.4 is 14.3 Å². The van der Waals surface area contributed by atoms with Crippen LogP contribution in [-0.2, 0) is 0 Å². The second kappa shape index (κ2) is 7.20. The van der Waals surface area contributed by atoms with Gasteiger partial charge < -0.3 is 0 Å². The maximum atomic E-state index is 4.86. The Morgan fingerprint density at radius 3 is 2.85 bits per heavy atom. The van der Waals surface area contributed by atoms with Crippen molar-refractivity contribution in [3.8, 4) is 0 Å². The SMILES string of the molecule is CN(C)c1cccc(C2CCCN(c3ccc4ncnc([AsH2])c4n3)C2)n1. The zero-order valence-electron chi connectivity index (χ0n) is 15.1. The molecule has 0 bridgehead atoms. The van der Waals surface area contributed by atoms with Gasteiger partial charge in [0, 0.05) is 0 Å². The summed E-state index contributed by atoms with van der Waals surface area (Å²) in [5.74, 6) is 2.46. The molecular weight excluding hydrogens is 387 g/mol. The number of pyridine rings is 2. The first-order valence-corrected chi connectivity index (χ1v) is 10.1. The second-order valence-electron chi connectivity index (χ2n) is 6.90. The minimum absolute atomic E-state index is 0.429. The van der Waals surface area contributed by atoms with E-state index in [0.717, 1.165) is 46.7 Å². The van der Waals surface area contributed by atoms with Crippen LogP contribution in [0.4, 0.5) is 11.6 Å². The molecule has 0 aromatic carbocycles. The molecule has 3 aromatic rings. The van der Waals surface area contributed by atoms with Crippen LogP contribution in [0.3, 0.4) is 0 Å². The Morgan fingerprint density at radius 2 is 2.00 bits per heavy atom. The molecule has 2 atom stereocenters. The molecule has 0 radical (unpaired) electrons. The van der Waals surface area contributed by atoms with Crippen LogP contribution in [0.5, 0.6) is 0 Å². The zero-order chi connectivity index (χ0) is 18.1. The summed E-state index contributed by atoms with van der Waals surface area (Å²) in [4.78, 5) is 22.8. The summed E-state index contributed by atoms with van der Waals surface area (Å²) in [5.41, 5.74) is 3.00. The standard InChI is InChI=1S/C19H23AsN6/c1-25(2)16-7-3-6-14(23-16)13-5-4-10-26(11-13)17-9-8-15-18(24-17)19(20)22-12-21-15/h3,6-9,12-13H,4-5,10-11,20H2,1-2H3. The van der Waals surface area contributed by atoms with E-state index in [1.165, 1.54) is 29.0 Å². The molecule has 1 aliphatic heterocycles. The molecule has 7 heteroatoms. The number of nitrogens with zero attached hydrogens (tertiary/aromatic N) is 6. The fraction of sp³-hybridized carbons (Fsp3) is 0.368. The number of aromatic nitrogens is 4. The summed E-state index contributed by atoms with van der Waals surface area (Å²) < 4.78 is 0.985. The molecule has 0 saturated carbocycles. The Labute approximate surface area is 162 Å². The topological polar surface area (TPSA) is 58.0 Å². The Balaban J connectivity index is 1.61. The van der Waals surface area contributed by atoms with Gasteiger partial charge in [0.15, 0.2) is 0 Å². The molecule has 3 aromatic heterocycles. The molecule has 134 valence electrons. The van der Waals surface area contributed by atoms with Crippen molar-refractivity contribution in [3.05, 3.63) is 42.4 Å². The number of hydrogen-bond acceptors (Lipinski definition) is 6. The fourth-order valence-electron chi connectivity index (χ4n) is 3.47. The first-order valence-electron chi connectivity index (χ1n) is 8.88. The van der Waals surface area contributed by atoms with Gasteiger partial charge in [0.05, 0.1) is 0 Å². The van der Waals surface area contributed by atoms with E-state index in [1.807, 2.05) is 14.1 Å². The van der Waals surface area contributed by atoms with Crippen molar-refractivity contribution in [2.75, 3.05) is 37.0 Å². The summed E-state index contributed by atoms with van der Waals surface area (Å²) in [6.07, 6.45) is 3.92. The summed E-state index contributed by atoms with van der Waals surface area (Å²) in [6.45, 7) is 1.97. The van der Waals surface area contributed by atoms with Gasteiger partial charge in [-0.15, -0.1) is 0 Å². The van der Waals surface area contributed by atoms with E-state index >= 15 is 0 Å². The van der Waals surface area contributed by atoms with E-state index in [-0.39, 0.29) is 0 Å². The molecule has 0 aliphatic carbocycles. The van der Waals surface area contributed by atoms with E-state index in [0.29, 0.717) is 5.92 Å². The number of hydrogen-bond donors (Lipinski definition) is 0. The average molecular weight is 410 g/mol. The van der Waals surface area contributed by atoms with Crippen molar-refractivity contribution in [2.24, 2.45) is 0 Å². The van der Waals surface area contributed by atoms with Gasteiger partial charge in [0.25, 0.3) is 0 Å². The summed E-state index contributed by atoms with van der Waals surface area (Å²) in [7, 11) is 4.06. The molecule has 0 amide bonds. The average Bonchev–Trinajstić information content (AvgIpc) is 2.68. The maximum absolute atomic E-state index is 4.86. The summed E-state index contributed by atoms with van der Waals surface area (Å²) in [6, 6.07) is 10.4. The minimum atomic E-state index is 0.429. The van der Waals surface area contributed by atoms with Gasteiger partial charge in [-0.2, -0.15) is 0 Å². The van der Waals surface area contributed by atoms with E-state index in [1.54, 1.807) is 6.33 Å². The first-order chi connectivity index (χ1) is 12.6. The van der Waals surface area contributed by atoms with E-state index in [2.05, 4.69) is 50.1 Å². The first kappa shape index (κ1) is 17.2. The molecule has 6 nitrogen and oxygen atoms in total. The van der Waals surface area contributed by atoms with Gasteiger partial charge in [0.2, 0.25) is 0 Å². The monoisotopic (exact) mass is 410 g/mol. The van der Waals surface area contributed by atoms with Crippen LogP contribution in [0.25, 0.3) is 11.0 Å². The molecule has 0 N–H and O–H groups in total. The molecule has 0 spiro atoms. The third kappa shape index (κ3) is 3.38. The van der Waals surface area contributed by atoms with Gasteiger partial charge in [-0.3, -0.25) is 0 Å². The number of piperidine rings is 1. The van der Waals surface area contributed by atoms with Crippen LogP contribution in [0.1, 0.15) is 24.5 Å². The van der Waals surface area contributed by atoms with Gasteiger partial charge in [-0.1, -0.05) is 0 Å². The zero-order valence-corrected chi connectivity index (χ0v) is 17.6. The summed E-state index contributed by atoms with van der Waals surface area (Å²) in [5, 5.41) is 0. The Morgan fingerprint density at radius 1 is 1.12 bits per heavy atom. The molecule has 1 aliphatic rings. The van der Waals surface area contributed by atoms with Crippen LogP contribution in [0.15, 0.2) is 36.7 Å². The van der Waals surface area contributed by atoms with Crippen molar-refractivity contribution in [2.45, 2.75) is 18.8 Å². The molecule has 1 saturated heterocycles. The van der Waals surface area contributed by atoms with E-state index < -0.39 is 0 Å². The van der Waals surface area contributed by atoms with Gasteiger partial charge in [0.1, 0.15) is 0 Å². The van der Waals surface area contributed by atoms with Crippen molar-refractivity contribution < 1.29 is 0 Å². The van der Waals surface area contributed by atoms with Crippen LogP contribution in [0, 0.1) is 0 Å².